The van der Waals surface area contributed by atoms with Crippen LogP contribution in [-0.4, -0.2) is 36.6 Å². The first kappa shape index (κ1) is 12.5. The van der Waals surface area contributed by atoms with E-state index >= 15 is 0 Å². The minimum Gasteiger partial charge on any atom is -0.469 e. The number of hydrogen-bond acceptors (Lipinski definition) is 6. The Bertz CT molecular complexity index is 477. The first-order chi connectivity index (χ1) is 8.54. The lowest BCUT2D eigenvalue weighted by atomic mass is 10.2. The lowest BCUT2D eigenvalue weighted by molar-refractivity contribution is 0.483. The molecule has 18 heavy (non-hydrogen) atoms. The second-order valence-corrected chi connectivity index (χ2v) is 4.46. The van der Waals surface area contributed by atoms with Crippen molar-refractivity contribution in [1.82, 2.24) is 10.2 Å². The van der Waals surface area contributed by atoms with Crippen LogP contribution in [0.2, 0.25) is 0 Å². The number of rotatable bonds is 3. The van der Waals surface area contributed by atoms with Gasteiger partial charge in [0.25, 0.3) is 0 Å². The van der Waals surface area contributed by atoms with Crippen molar-refractivity contribution in [1.29, 1.82) is 0 Å². The average molecular weight is 249 g/mol. The number of nitrogens with two attached hydrogens (primary N) is 1. The van der Waals surface area contributed by atoms with Crippen molar-refractivity contribution >= 4 is 11.9 Å². The number of hydrogen-bond donors (Lipinski definition) is 2. The van der Waals surface area contributed by atoms with E-state index in [1.165, 1.54) is 5.56 Å². The molecule has 1 atom stereocenters. The van der Waals surface area contributed by atoms with Gasteiger partial charge in [-0.3, -0.25) is 5.32 Å². The number of nitrogens with zero attached hydrogens (tertiary/aromatic N) is 3. The minimum atomic E-state index is -0.125. The molecule has 1 aromatic heterocycles. The molecule has 6 heteroatoms. The Labute approximate surface area is 107 Å². The molecule has 2 rings (SSSR count). The zero-order chi connectivity index (χ0) is 13.1. The van der Waals surface area contributed by atoms with E-state index in [-0.39, 0.29) is 6.17 Å². The van der Waals surface area contributed by atoms with E-state index < -0.39 is 0 Å². The van der Waals surface area contributed by atoms with Gasteiger partial charge in [0.2, 0.25) is 5.96 Å². The van der Waals surface area contributed by atoms with E-state index in [1.807, 2.05) is 31.9 Å². The highest BCUT2D eigenvalue weighted by molar-refractivity contribution is 5.99. The first-order valence-electron chi connectivity index (χ1n) is 5.98. The third kappa shape index (κ3) is 3.03. The monoisotopic (exact) mass is 249 g/mol. The summed E-state index contributed by atoms with van der Waals surface area (Å²) in [5.41, 5.74) is 6.87. The van der Waals surface area contributed by atoms with Crippen molar-refractivity contribution in [3.63, 3.8) is 0 Å². The third-order valence-electron chi connectivity index (χ3n) is 2.76. The standard InChI is InChI=1S/C12H19N5O/c1-8-6-10(7-18-8)4-5-17(3)12-15-9(2)14-11(13)16-12/h6-7,9H,4-5H2,1-3H3,(H3,13,14,15,16). The van der Waals surface area contributed by atoms with Crippen LogP contribution in [0, 0.1) is 6.92 Å². The van der Waals surface area contributed by atoms with Crippen LogP contribution in [0.1, 0.15) is 18.2 Å². The van der Waals surface area contributed by atoms with Gasteiger partial charge in [0.15, 0.2) is 5.96 Å². The molecule has 0 saturated carbocycles. The van der Waals surface area contributed by atoms with Crippen LogP contribution in [0.3, 0.4) is 0 Å². The summed E-state index contributed by atoms with van der Waals surface area (Å²) in [6.07, 6.45) is 2.57. The smallest absolute Gasteiger partial charge is 0.202 e. The highest BCUT2D eigenvalue weighted by Crippen LogP contribution is 2.08. The molecule has 0 amide bonds. The summed E-state index contributed by atoms with van der Waals surface area (Å²) in [5, 5.41) is 2.97. The molecular formula is C12H19N5O. The first-order valence-corrected chi connectivity index (χ1v) is 5.98. The fourth-order valence-corrected chi connectivity index (χ4v) is 1.81. The second kappa shape index (κ2) is 5.12. The van der Waals surface area contributed by atoms with Crippen LogP contribution in [0.5, 0.6) is 0 Å². The van der Waals surface area contributed by atoms with Crippen molar-refractivity contribution in [2.75, 3.05) is 13.6 Å². The topological polar surface area (TPSA) is 79.2 Å². The van der Waals surface area contributed by atoms with Crippen LogP contribution in [0.25, 0.3) is 0 Å². The van der Waals surface area contributed by atoms with E-state index in [0.29, 0.717) is 5.96 Å². The van der Waals surface area contributed by atoms with Crippen molar-refractivity contribution in [3.05, 3.63) is 23.7 Å². The fourth-order valence-electron chi connectivity index (χ4n) is 1.81. The highest BCUT2D eigenvalue weighted by Gasteiger charge is 2.14. The SMILES string of the molecule is Cc1cc(CCN(C)C2=NC(C)N=C(N)N2)co1. The molecule has 0 saturated heterocycles. The molecule has 0 radical (unpaired) electrons. The number of nitrogens with one attached hydrogen (secondary N) is 1. The summed E-state index contributed by atoms with van der Waals surface area (Å²) in [4.78, 5) is 10.5. The summed E-state index contributed by atoms with van der Waals surface area (Å²) >= 11 is 0. The van der Waals surface area contributed by atoms with Gasteiger partial charge in [-0.05, 0) is 31.9 Å². The largest absolute Gasteiger partial charge is 0.469 e. The van der Waals surface area contributed by atoms with Gasteiger partial charge in [0.1, 0.15) is 11.9 Å². The quantitative estimate of drug-likeness (QED) is 0.825. The molecule has 1 unspecified atom stereocenters. The molecule has 3 N–H and O–H groups in total. The molecule has 0 fully saturated rings. The van der Waals surface area contributed by atoms with Crippen LogP contribution >= 0.6 is 0 Å². The predicted octanol–water partition coefficient (Wildman–Crippen LogP) is 0.682. The summed E-state index contributed by atoms with van der Waals surface area (Å²) in [6, 6.07) is 2.04. The van der Waals surface area contributed by atoms with E-state index in [4.69, 9.17) is 10.2 Å². The second-order valence-electron chi connectivity index (χ2n) is 4.46. The lowest BCUT2D eigenvalue weighted by Gasteiger charge is -2.25. The molecule has 0 aliphatic carbocycles. The van der Waals surface area contributed by atoms with Crippen molar-refractivity contribution in [2.24, 2.45) is 15.7 Å². The van der Waals surface area contributed by atoms with Crippen molar-refractivity contribution in [3.8, 4) is 0 Å². The van der Waals surface area contributed by atoms with Crippen molar-refractivity contribution in [2.45, 2.75) is 26.4 Å². The van der Waals surface area contributed by atoms with E-state index in [1.54, 1.807) is 6.26 Å². The number of aryl methyl sites for hydroxylation is 1. The van der Waals surface area contributed by atoms with E-state index in [9.17, 15) is 0 Å². The Morgan fingerprint density at radius 2 is 2.28 bits per heavy atom. The zero-order valence-corrected chi connectivity index (χ0v) is 11.0. The van der Waals surface area contributed by atoms with Crippen LogP contribution in [0.15, 0.2) is 26.7 Å². The number of guanidine groups is 2. The summed E-state index contributed by atoms with van der Waals surface area (Å²) in [5.74, 6) is 2.11. The van der Waals surface area contributed by atoms with Gasteiger partial charge in [-0.15, -0.1) is 0 Å². The molecule has 0 aromatic carbocycles. The number of likely N-dealkylation sites (N-methyl/N-ethyl adjacent to an activating group) is 1. The summed E-state index contributed by atoms with van der Waals surface area (Å²) < 4.78 is 5.27. The van der Waals surface area contributed by atoms with E-state index in [0.717, 1.165) is 24.7 Å². The maximum Gasteiger partial charge on any atom is 0.202 e. The van der Waals surface area contributed by atoms with Gasteiger partial charge in [-0.25, -0.2) is 9.98 Å². The van der Waals surface area contributed by atoms with Gasteiger partial charge >= 0.3 is 0 Å². The van der Waals surface area contributed by atoms with Crippen LogP contribution in [0.4, 0.5) is 0 Å². The molecule has 1 aliphatic heterocycles. The molecule has 98 valence electrons. The Kier molecular flexibility index (Phi) is 3.55. The average Bonchev–Trinajstić information content (AvgIpc) is 2.70. The van der Waals surface area contributed by atoms with Gasteiger partial charge in [0.05, 0.1) is 6.26 Å². The molecule has 2 heterocycles. The summed E-state index contributed by atoms with van der Waals surface area (Å²) in [6.45, 7) is 4.69. The minimum absolute atomic E-state index is 0.125. The highest BCUT2D eigenvalue weighted by atomic mass is 16.3. The van der Waals surface area contributed by atoms with Crippen LogP contribution in [-0.2, 0) is 6.42 Å². The van der Waals surface area contributed by atoms with Gasteiger partial charge < -0.3 is 15.1 Å². The Morgan fingerprint density at radius 3 is 2.89 bits per heavy atom. The summed E-state index contributed by atoms with van der Waals surface area (Å²) in [7, 11) is 1.98. The maximum absolute atomic E-state index is 5.68. The zero-order valence-electron chi connectivity index (χ0n) is 11.0. The lowest BCUT2D eigenvalue weighted by Crippen LogP contribution is -2.49. The van der Waals surface area contributed by atoms with Crippen LogP contribution < -0.4 is 11.1 Å². The van der Waals surface area contributed by atoms with Crippen molar-refractivity contribution < 1.29 is 4.42 Å². The molecule has 0 spiro atoms. The third-order valence-corrected chi connectivity index (χ3v) is 2.76. The molecule has 1 aliphatic rings. The maximum atomic E-state index is 5.68. The van der Waals surface area contributed by atoms with E-state index in [2.05, 4.69) is 15.3 Å². The number of aliphatic imine (C=N–C) groups is 2. The normalized spacial score (nSPS) is 18.9. The molecule has 6 nitrogen and oxygen atoms in total. The Balaban J connectivity index is 1.90. The Morgan fingerprint density at radius 1 is 1.50 bits per heavy atom. The number of furan rings is 1. The predicted molar refractivity (Wildman–Crippen MR) is 71.4 cm³/mol. The van der Waals surface area contributed by atoms with Gasteiger partial charge in [-0.1, -0.05) is 0 Å². The van der Waals surface area contributed by atoms with Gasteiger partial charge in [0, 0.05) is 13.6 Å². The fraction of sp³-hybridized carbons (Fsp3) is 0.500. The molecule has 0 bridgehead atoms. The molecule has 1 aromatic rings. The van der Waals surface area contributed by atoms with Gasteiger partial charge in [-0.2, -0.15) is 0 Å². The molecular weight excluding hydrogens is 230 g/mol. The Hall–Kier alpha value is -1.98.